The molecular formula is C7H8BrF2NS. The molecule has 0 aromatic carbocycles. The molecule has 0 fully saturated rings. The number of rotatable bonds is 3. The number of thiophene rings is 1. The zero-order valence-corrected chi connectivity index (χ0v) is 8.59. The predicted octanol–water partition coefficient (Wildman–Crippen LogP) is 2.65. The van der Waals surface area contributed by atoms with Gasteiger partial charge in [-0.05, 0) is 28.1 Å². The van der Waals surface area contributed by atoms with Crippen LogP contribution >= 0.6 is 27.3 Å². The van der Waals surface area contributed by atoms with Crippen molar-refractivity contribution in [2.75, 3.05) is 6.54 Å². The Bertz CT molecular complexity index is 262. The highest BCUT2D eigenvalue weighted by atomic mass is 79.9. The molecule has 0 saturated heterocycles. The molecule has 0 aliphatic heterocycles. The zero-order valence-electron chi connectivity index (χ0n) is 6.19. The summed E-state index contributed by atoms with van der Waals surface area (Å²) in [6.07, 6.45) is -0.264. The predicted molar refractivity (Wildman–Crippen MR) is 49.7 cm³/mol. The van der Waals surface area contributed by atoms with Gasteiger partial charge in [-0.25, -0.2) is 8.78 Å². The molecule has 0 radical (unpaired) electrons. The SMILES string of the molecule is NCC(F)(F)Cc1ccc(Br)s1. The third-order valence-corrected chi connectivity index (χ3v) is 2.98. The fourth-order valence-corrected chi connectivity index (χ4v) is 2.34. The lowest BCUT2D eigenvalue weighted by Crippen LogP contribution is -2.29. The highest BCUT2D eigenvalue weighted by Gasteiger charge is 2.27. The zero-order chi connectivity index (χ0) is 9.19. The van der Waals surface area contributed by atoms with E-state index in [2.05, 4.69) is 15.9 Å². The second kappa shape index (κ2) is 3.81. The summed E-state index contributed by atoms with van der Waals surface area (Å²) >= 11 is 4.52. The summed E-state index contributed by atoms with van der Waals surface area (Å²) in [5.41, 5.74) is 4.90. The third-order valence-electron chi connectivity index (χ3n) is 1.36. The topological polar surface area (TPSA) is 26.0 Å². The summed E-state index contributed by atoms with van der Waals surface area (Å²) in [5.74, 6) is -2.77. The number of halogens is 3. The molecule has 12 heavy (non-hydrogen) atoms. The molecule has 0 aliphatic carbocycles. The molecule has 0 saturated carbocycles. The van der Waals surface area contributed by atoms with E-state index in [1.54, 1.807) is 12.1 Å². The minimum atomic E-state index is -2.77. The van der Waals surface area contributed by atoms with Crippen LogP contribution in [-0.4, -0.2) is 12.5 Å². The van der Waals surface area contributed by atoms with Crippen LogP contribution in [0.5, 0.6) is 0 Å². The van der Waals surface area contributed by atoms with Gasteiger partial charge in [0, 0.05) is 11.3 Å². The minimum Gasteiger partial charge on any atom is -0.325 e. The Morgan fingerprint density at radius 1 is 1.50 bits per heavy atom. The molecule has 1 rings (SSSR count). The van der Waals surface area contributed by atoms with Gasteiger partial charge in [0.2, 0.25) is 0 Å². The number of nitrogens with two attached hydrogens (primary N) is 1. The lowest BCUT2D eigenvalue weighted by Gasteiger charge is -2.11. The molecular weight excluding hydrogens is 248 g/mol. The molecule has 5 heteroatoms. The maximum absolute atomic E-state index is 12.7. The Hall–Kier alpha value is -0.0000000000000000833. The Morgan fingerprint density at radius 3 is 2.58 bits per heavy atom. The van der Waals surface area contributed by atoms with Crippen LogP contribution in [0.15, 0.2) is 15.9 Å². The van der Waals surface area contributed by atoms with Gasteiger partial charge in [0.25, 0.3) is 5.92 Å². The minimum absolute atomic E-state index is 0.264. The van der Waals surface area contributed by atoms with Crippen molar-refractivity contribution in [3.63, 3.8) is 0 Å². The lowest BCUT2D eigenvalue weighted by atomic mass is 10.2. The van der Waals surface area contributed by atoms with Crippen molar-refractivity contribution < 1.29 is 8.78 Å². The average Bonchev–Trinajstić information content (AvgIpc) is 2.35. The van der Waals surface area contributed by atoms with Crippen molar-refractivity contribution in [1.82, 2.24) is 0 Å². The van der Waals surface area contributed by atoms with Crippen LogP contribution < -0.4 is 5.73 Å². The van der Waals surface area contributed by atoms with E-state index < -0.39 is 12.5 Å². The van der Waals surface area contributed by atoms with Gasteiger partial charge >= 0.3 is 0 Å². The molecule has 1 aromatic rings. The summed E-state index contributed by atoms with van der Waals surface area (Å²) in [5, 5.41) is 0. The van der Waals surface area contributed by atoms with Crippen molar-refractivity contribution >= 4 is 27.3 Å². The normalized spacial score (nSPS) is 12.0. The van der Waals surface area contributed by atoms with Gasteiger partial charge in [-0.3, -0.25) is 0 Å². The van der Waals surface area contributed by atoms with E-state index in [-0.39, 0.29) is 6.42 Å². The Morgan fingerprint density at radius 2 is 2.17 bits per heavy atom. The first kappa shape index (κ1) is 10.1. The fourth-order valence-electron chi connectivity index (χ4n) is 0.774. The van der Waals surface area contributed by atoms with E-state index in [9.17, 15) is 8.78 Å². The van der Waals surface area contributed by atoms with Crippen LogP contribution in [0.4, 0.5) is 8.78 Å². The van der Waals surface area contributed by atoms with Gasteiger partial charge in [-0.1, -0.05) is 0 Å². The van der Waals surface area contributed by atoms with Crippen molar-refractivity contribution in [3.8, 4) is 0 Å². The largest absolute Gasteiger partial charge is 0.325 e. The van der Waals surface area contributed by atoms with Gasteiger partial charge < -0.3 is 5.73 Å². The summed E-state index contributed by atoms with van der Waals surface area (Å²) in [6.45, 7) is -0.595. The van der Waals surface area contributed by atoms with Gasteiger partial charge in [0.15, 0.2) is 0 Å². The molecule has 1 aromatic heterocycles. The number of hydrogen-bond acceptors (Lipinski definition) is 2. The van der Waals surface area contributed by atoms with E-state index in [4.69, 9.17) is 5.73 Å². The lowest BCUT2D eigenvalue weighted by molar-refractivity contribution is 0.0123. The van der Waals surface area contributed by atoms with E-state index in [1.165, 1.54) is 11.3 Å². The average molecular weight is 256 g/mol. The molecule has 68 valence electrons. The number of hydrogen-bond donors (Lipinski definition) is 1. The maximum atomic E-state index is 12.7. The summed E-state index contributed by atoms with van der Waals surface area (Å²) in [4.78, 5) is 0.650. The first-order chi connectivity index (χ1) is 5.53. The van der Waals surface area contributed by atoms with Crippen LogP contribution in [-0.2, 0) is 6.42 Å². The highest BCUT2D eigenvalue weighted by molar-refractivity contribution is 9.11. The van der Waals surface area contributed by atoms with Crippen LogP contribution in [0.2, 0.25) is 0 Å². The second-order valence-corrected chi connectivity index (χ2v) is 4.99. The summed E-state index contributed by atoms with van der Waals surface area (Å²) in [7, 11) is 0. The Balaban J connectivity index is 2.63. The molecule has 1 nitrogen and oxygen atoms in total. The standard InChI is InChI=1S/C7H8BrF2NS/c8-6-2-1-5(12-6)3-7(9,10)4-11/h1-2H,3-4,11H2. The smallest absolute Gasteiger partial charge is 0.264 e. The van der Waals surface area contributed by atoms with Crippen molar-refractivity contribution in [2.24, 2.45) is 5.73 Å². The maximum Gasteiger partial charge on any atom is 0.264 e. The Labute approximate surface area is 81.7 Å². The van der Waals surface area contributed by atoms with E-state index in [0.717, 1.165) is 3.79 Å². The molecule has 0 amide bonds. The van der Waals surface area contributed by atoms with Gasteiger partial charge in [-0.15, -0.1) is 11.3 Å². The molecule has 0 spiro atoms. The first-order valence-electron chi connectivity index (χ1n) is 3.35. The van der Waals surface area contributed by atoms with Crippen molar-refractivity contribution in [1.29, 1.82) is 0 Å². The first-order valence-corrected chi connectivity index (χ1v) is 4.96. The van der Waals surface area contributed by atoms with Crippen LogP contribution in [0.3, 0.4) is 0 Å². The third kappa shape index (κ3) is 2.80. The van der Waals surface area contributed by atoms with Crippen LogP contribution in [0.1, 0.15) is 4.88 Å². The van der Waals surface area contributed by atoms with Crippen molar-refractivity contribution in [2.45, 2.75) is 12.3 Å². The molecule has 1 heterocycles. The number of alkyl halides is 2. The van der Waals surface area contributed by atoms with E-state index in [0.29, 0.717) is 4.88 Å². The molecule has 0 unspecified atom stereocenters. The van der Waals surface area contributed by atoms with Gasteiger partial charge in [-0.2, -0.15) is 0 Å². The Kier molecular flexibility index (Phi) is 3.20. The quantitative estimate of drug-likeness (QED) is 0.883. The molecule has 0 bridgehead atoms. The summed E-state index contributed by atoms with van der Waals surface area (Å²) in [6, 6.07) is 3.44. The van der Waals surface area contributed by atoms with E-state index >= 15 is 0 Å². The summed E-state index contributed by atoms with van der Waals surface area (Å²) < 4.78 is 26.3. The molecule has 2 N–H and O–H groups in total. The highest BCUT2D eigenvalue weighted by Crippen LogP contribution is 2.27. The van der Waals surface area contributed by atoms with Crippen LogP contribution in [0, 0.1) is 0 Å². The second-order valence-electron chi connectivity index (χ2n) is 2.44. The van der Waals surface area contributed by atoms with E-state index in [1.807, 2.05) is 0 Å². The fraction of sp³-hybridized carbons (Fsp3) is 0.429. The van der Waals surface area contributed by atoms with Gasteiger partial charge in [0.1, 0.15) is 0 Å². The van der Waals surface area contributed by atoms with Crippen LogP contribution in [0.25, 0.3) is 0 Å². The molecule has 0 aliphatic rings. The van der Waals surface area contributed by atoms with Gasteiger partial charge in [0.05, 0.1) is 10.3 Å². The monoisotopic (exact) mass is 255 g/mol. The molecule has 0 atom stereocenters. The van der Waals surface area contributed by atoms with Crippen molar-refractivity contribution in [3.05, 3.63) is 20.8 Å².